The number of halogens is 1. The summed E-state index contributed by atoms with van der Waals surface area (Å²) in [6, 6.07) is 7.95. The average molecular weight is 340 g/mol. The van der Waals surface area contributed by atoms with Gasteiger partial charge in [-0.25, -0.2) is 0 Å². The predicted molar refractivity (Wildman–Crippen MR) is 84.2 cm³/mol. The van der Waals surface area contributed by atoms with Gasteiger partial charge in [-0.05, 0) is 23.8 Å². The minimum atomic E-state index is -0.0366. The zero-order valence-corrected chi connectivity index (χ0v) is 12.8. The number of carbonyl (C=O) groups is 1. The Morgan fingerprint density at radius 2 is 2.00 bits per heavy atom. The summed E-state index contributed by atoms with van der Waals surface area (Å²) in [7, 11) is 1.69. The summed E-state index contributed by atoms with van der Waals surface area (Å²) in [4.78, 5) is 13.9. The Kier molecular flexibility index (Phi) is 4.37. The molecule has 0 N–H and O–H groups in total. The Balaban J connectivity index is 2.09. The van der Waals surface area contributed by atoms with Gasteiger partial charge in [0.25, 0.3) is 5.91 Å². The van der Waals surface area contributed by atoms with Gasteiger partial charge in [-0.15, -0.1) is 0 Å². The van der Waals surface area contributed by atoms with Gasteiger partial charge in [0.2, 0.25) is 0 Å². The van der Waals surface area contributed by atoms with Crippen LogP contribution in [0, 0.1) is 0 Å². The summed E-state index contributed by atoms with van der Waals surface area (Å²) < 4.78 is 1.65. The lowest BCUT2D eigenvalue weighted by molar-refractivity contribution is -0.121. The Bertz CT molecular complexity index is 549. The molecule has 1 aliphatic rings. The first-order valence-corrected chi connectivity index (χ1v) is 7.23. The van der Waals surface area contributed by atoms with Gasteiger partial charge >= 0.3 is 0 Å². The highest BCUT2D eigenvalue weighted by Crippen LogP contribution is 2.29. The average Bonchev–Trinajstić information content (AvgIpc) is 2.60. The number of thioether (sulfide) groups is 1. The fourth-order valence-corrected chi connectivity index (χ4v) is 2.78. The van der Waals surface area contributed by atoms with Crippen molar-refractivity contribution < 1.29 is 4.79 Å². The first-order chi connectivity index (χ1) is 8.58. The van der Waals surface area contributed by atoms with Crippen LogP contribution in [0.25, 0.3) is 6.08 Å². The summed E-state index contributed by atoms with van der Waals surface area (Å²) in [5, 5.41) is 0. The molecule has 0 aliphatic carbocycles. The molecule has 18 heavy (non-hydrogen) atoms. The first kappa shape index (κ1) is 13.5. The number of hydrogen-bond acceptors (Lipinski definition) is 3. The number of benzene rings is 1. The molecule has 0 unspecified atom stereocenters. The minimum Gasteiger partial charge on any atom is -0.296 e. The van der Waals surface area contributed by atoms with Crippen molar-refractivity contribution in [2.75, 3.05) is 7.05 Å². The van der Waals surface area contributed by atoms with Crippen molar-refractivity contribution in [1.82, 2.24) is 4.90 Å². The number of allylic oxidation sites excluding steroid dienone is 2. The Labute approximate surface area is 124 Å². The maximum absolute atomic E-state index is 11.7. The summed E-state index contributed by atoms with van der Waals surface area (Å²) in [6.45, 7) is 0. The largest absolute Gasteiger partial charge is 0.296 e. The summed E-state index contributed by atoms with van der Waals surface area (Å²) in [5.74, 6) is -0.0366. The Morgan fingerprint density at radius 1 is 1.33 bits per heavy atom. The Hall–Kier alpha value is -0.910. The van der Waals surface area contributed by atoms with Crippen LogP contribution in [0.2, 0.25) is 0 Å². The number of carbonyl (C=O) groups excluding carboxylic acids is 1. The molecule has 2 rings (SSSR count). The molecular formula is C13H10BrNOS2. The third-order valence-electron chi connectivity index (χ3n) is 2.39. The fraction of sp³-hybridized carbons (Fsp3) is 0.0769. The molecule has 92 valence electrons. The van der Waals surface area contributed by atoms with Crippen molar-refractivity contribution in [2.24, 2.45) is 0 Å². The second-order valence-electron chi connectivity index (χ2n) is 3.67. The molecule has 0 bridgehead atoms. The number of nitrogens with zero attached hydrogens (tertiary/aromatic N) is 1. The molecule has 1 saturated heterocycles. The standard InChI is InChI=1S/C13H10BrNOS2/c1-15-12(16)11(18-13(15)17)4-2-3-9-5-7-10(14)8-6-9/h2-8H,1H3/b3-2-,11-4-. The number of likely N-dealkylation sites (N-methyl/N-ethyl adjacent to an activating group) is 1. The van der Waals surface area contributed by atoms with Crippen LogP contribution in [0.15, 0.2) is 45.8 Å². The molecule has 1 aliphatic heterocycles. The molecule has 0 aromatic heterocycles. The van der Waals surface area contributed by atoms with Gasteiger partial charge in [0.05, 0.1) is 4.91 Å². The molecule has 5 heteroatoms. The minimum absolute atomic E-state index is 0.0366. The summed E-state index contributed by atoms with van der Waals surface area (Å²) >= 11 is 9.77. The van der Waals surface area contributed by atoms with E-state index in [-0.39, 0.29) is 5.91 Å². The van der Waals surface area contributed by atoms with E-state index in [1.54, 1.807) is 13.1 Å². The predicted octanol–water partition coefficient (Wildman–Crippen LogP) is 3.84. The van der Waals surface area contributed by atoms with Crippen molar-refractivity contribution in [3.8, 4) is 0 Å². The van der Waals surface area contributed by atoms with Gasteiger partial charge in [-0.3, -0.25) is 9.69 Å². The second-order valence-corrected chi connectivity index (χ2v) is 6.27. The molecule has 0 radical (unpaired) electrons. The molecule has 2 nitrogen and oxygen atoms in total. The van der Waals surface area contributed by atoms with Gasteiger partial charge in [-0.1, -0.05) is 64.2 Å². The lowest BCUT2D eigenvalue weighted by Crippen LogP contribution is -2.22. The normalized spacial score (nSPS) is 18.3. The van der Waals surface area contributed by atoms with E-state index in [4.69, 9.17) is 12.2 Å². The fourth-order valence-electron chi connectivity index (χ4n) is 1.38. The molecule has 1 aromatic carbocycles. The van der Waals surface area contributed by atoms with E-state index >= 15 is 0 Å². The number of rotatable bonds is 2. The van der Waals surface area contributed by atoms with Crippen LogP contribution in [0.1, 0.15) is 5.56 Å². The van der Waals surface area contributed by atoms with E-state index in [9.17, 15) is 4.79 Å². The molecule has 0 spiro atoms. The SMILES string of the molecule is CN1C(=O)/C(=C/C=C\c2ccc(Br)cc2)SC1=S. The van der Waals surface area contributed by atoms with Gasteiger partial charge < -0.3 is 0 Å². The monoisotopic (exact) mass is 339 g/mol. The zero-order valence-electron chi connectivity index (χ0n) is 9.59. The molecule has 1 aromatic rings. The zero-order chi connectivity index (χ0) is 13.1. The van der Waals surface area contributed by atoms with E-state index in [0.717, 1.165) is 10.0 Å². The lowest BCUT2D eigenvalue weighted by Gasteiger charge is -2.03. The van der Waals surface area contributed by atoms with Crippen molar-refractivity contribution in [1.29, 1.82) is 0 Å². The third kappa shape index (κ3) is 3.10. The molecule has 1 heterocycles. The van der Waals surface area contributed by atoms with Crippen molar-refractivity contribution in [3.63, 3.8) is 0 Å². The highest BCUT2D eigenvalue weighted by atomic mass is 79.9. The topological polar surface area (TPSA) is 20.3 Å². The highest BCUT2D eigenvalue weighted by Gasteiger charge is 2.27. The number of hydrogen-bond donors (Lipinski definition) is 0. The van der Waals surface area contributed by atoms with E-state index in [1.807, 2.05) is 36.4 Å². The number of thiocarbonyl (C=S) groups is 1. The van der Waals surface area contributed by atoms with Gasteiger partial charge in [-0.2, -0.15) is 0 Å². The molecule has 0 atom stereocenters. The molecular weight excluding hydrogens is 330 g/mol. The van der Waals surface area contributed by atoms with Crippen molar-refractivity contribution >= 4 is 56.2 Å². The Morgan fingerprint density at radius 3 is 2.56 bits per heavy atom. The highest BCUT2D eigenvalue weighted by molar-refractivity contribution is 9.10. The lowest BCUT2D eigenvalue weighted by atomic mass is 10.2. The maximum Gasteiger partial charge on any atom is 0.265 e. The van der Waals surface area contributed by atoms with E-state index in [0.29, 0.717) is 9.23 Å². The van der Waals surface area contributed by atoms with Crippen LogP contribution in [0.3, 0.4) is 0 Å². The summed E-state index contributed by atoms with van der Waals surface area (Å²) in [6.07, 6.45) is 5.62. The van der Waals surface area contributed by atoms with Crippen LogP contribution < -0.4 is 0 Å². The second kappa shape index (κ2) is 5.82. The van der Waals surface area contributed by atoms with E-state index in [1.165, 1.54) is 16.7 Å². The third-order valence-corrected chi connectivity index (χ3v) is 4.42. The smallest absolute Gasteiger partial charge is 0.265 e. The summed E-state index contributed by atoms with van der Waals surface area (Å²) in [5.41, 5.74) is 1.08. The van der Waals surface area contributed by atoms with E-state index in [2.05, 4.69) is 15.9 Å². The molecule has 1 fully saturated rings. The van der Waals surface area contributed by atoms with E-state index < -0.39 is 0 Å². The van der Waals surface area contributed by atoms with Gasteiger partial charge in [0, 0.05) is 11.5 Å². The molecule has 1 amide bonds. The van der Waals surface area contributed by atoms with Gasteiger partial charge in [0.1, 0.15) is 4.32 Å². The van der Waals surface area contributed by atoms with Crippen molar-refractivity contribution in [2.45, 2.75) is 0 Å². The molecule has 0 saturated carbocycles. The number of amides is 1. The van der Waals surface area contributed by atoms with Crippen molar-refractivity contribution in [3.05, 3.63) is 51.4 Å². The van der Waals surface area contributed by atoms with Crippen LogP contribution >= 0.6 is 39.9 Å². The first-order valence-electron chi connectivity index (χ1n) is 5.22. The van der Waals surface area contributed by atoms with Crippen LogP contribution in [0.4, 0.5) is 0 Å². The van der Waals surface area contributed by atoms with Crippen LogP contribution in [-0.2, 0) is 4.79 Å². The maximum atomic E-state index is 11.7. The van der Waals surface area contributed by atoms with Gasteiger partial charge in [0.15, 0.2) is 0 Å². The van der Waals surface area contributed by atoms with Crippen LogP contribution in [0.5, 0.6) is 0 Å². The van der Waals surface area contributed by atoms with Crippen LogP contribution in [-0.4, -0.2) is 22.2 Å². The quantitative estimate of drug-likeness (QED) is 0.603.